The largest absolute Gasteiger partial charge is 0.508 e. The van der Waals surface area contributed by atoms with E-state index in [1.807, 2.05) is 30.1 Å². The second kappa shape index (κ2) is 7.75. The highest BCUT2D eigenvalue weighted by atomic mass is 32.2. The minimum atomic E-state index is 0.331. The van der Waals surface area contributed by atoms with Crippen LogP contribution in [0.3, 0.4) is 0 Å². The topological polar surface area (TPSA) is 32.7 Å². The number of phenolic OH excluding ortho intramolecular Hbond substituents is 1. The van der Waals surface area contributed by atoms with Crippen LogP contribution in [0.2, 0.25) is 0 Å². The lowest BCUT2D eigenvalue weighted by Gasteiger charge is -2.26. The zero-order chi connectivity index (χ0) is 16.1. The standard InChI is InChI=1S/C19H23NO2S/c1-23-20-10-9-16-13-19(8-7-17(16)14-20)22-11-3-5-15-4-2-6-18(21)12-15/h2,4,6-8,12-13,21H,3,5,9-11,14H2,1H3. The zero-order valence-corrected chi connectivity index (χ0v) is 14.3. The molecule has 0 unspecified atom stereocenters. The maximum absolute atomic E-state index is 9.46. The summed E-state index contributed by atoms with van der Waals surface area (Å²) in [6.45, 7) is 2.83. The Morgan fingerprint density at radius 2 is 2.09 bits per heavy atom. The van der Waals surface area contributed by atoms with Gasteiger partial charge in [0.2, 0.25) is 0 Å². The monoisotopic (exact) mass is 329 g/mol. The third-order valence-electron chi connectivity index (χ3n) is 4.20. The van der Waals surface area contributed by atoms with Crippen molar-refractivity contribution in [1.82, 2.24) is 4.31 Å². The summed E-state index contributed by atoms with van der Waals surface area (Å²) in [5, 5.41) is 9.46. The molecule has 23 heavy (non-hydrogen) atoms. The van der Waals surface area contributed by atoms with Gasteiger partial charge in [0.1, 0.15) is 11.5 Å². The van der Waals surface area contributed by atoms with Gasteiger partial charge in [-0.1, -0.05) is 30.1 Å². The van der Waals surface area contributed by atoms with Gasteiger partial charge in [-0.05, 0) is 66.5 Å². The summed E-state index contributed by atoms with van der Waals surface area (Å²) < 4.78 is 8.28. The van der Waals surface area contributed by atoms with Crippen LogP contribution in [-0.2, 0) is 19.4 Å². The van der Waals surface area contributed by atoms with Crippen LogP contribution in [0.25, 0.3) is 0 Å². The summed E-state index contributed by atoms with van der Waals surface area (Å²) in [4.78, 5) is 0. The van der Waals surface area contributed by atoms with Gasteiger partial charge in [-0.3, -0.25) is 0 Å². The van der Waals surface area contributed by atoms with Crippen molar-refractivity contribution >= 4 is 11.9 Å². The van der Waals surface area contributed by atoms with Crippen LogP contribution in [-0.4, -0.2) is 28.8 Å². The molecule has 0 aromatic heterocycles. The number of aryl methyl sites for hydroxylation is 1. The first-order chi connectivity index (χ1) is 11.2. The molecule has 1 aliphatic rings. The summed E-state index contributed by atoms with van der Waals surface area (Å²) in [7, 11) is 0. The van der Waals surface area contributed by atoms with Crippen molar-refractivity contribution in [3.8, 4) is 11.5 Å². The molecule has 0 spiro atoms. The fourth-order valence-corrected chi connectivity index (χ4v) is 3.47. The van der Waals surface area contributed by atoms with Crippen LogP contribution in [0.15, 0.2) is 42.5 Å². The molecular weight excluding hydrogens is 306 g/mol. The third-order valence-corrected chi connectivity index (χ3v) is 5.03. The minimum Gasteiger partial charge on any atom is -0.508 e. The van der Waals surface area contributed by atoms with Gasteiger partial charge in [0.15, 0.2) is 0 Å². The van der Waals surface area contributed by atoms with Gasteiger partial charge >= 0.3 is 0 Å². The van der Waals surface area contributed by atoms with E-state index in [2.05, 4.69) is 28.8 Å². The Bertz CT molecular complexity index is 660. The Hall–Kier alpha value is -1.65. The van der Waals surface area contributed by atoms with Crippen LogP contribution in [0.4, 0.5) is 0 Å². The molecule has 0 fully saturated rings. The normalized spacial score (nSPS) is 14.5. The smallest absolute Gasteiger partial charge is 0.119 e. The Morgan fingerprint density at radius 3 is 2.91 bits per heavy atom. The van der Waals surface area contributed by atoms with Gasteiger partial charge in [0, 0.05) is 13.1 Å². The molecule has 122 valence electrons. The van der Waals surface area contributed by atoms with Crippen LogP contribution in [0.1, 0.15) is 23.1 Å². The number of hydrogen-bond acceptors (Lipinski definition) is 4. The molecule has 3 rings (SSSR count). The van der Waals surface area contributed by atoms with Gasteiger partial charge in [-0.15, -0.1) is 0 Å². The number of phenols is 1. The van der Waals surface area contributed by atoms with Crippen LogP contribution >= 0.6 is 11.9 Å². The highest BCUT2D eigenvalue weighted by Crippen LogP contribution is 2.26. The Kier molecular flexibility index (Phi) is 5.47. The summed E-state index contributed by atoms with van der Waals surface area (Å²) in [5.74, 6) is 1.30. The van der Waals surface area contributed by atoms with Crippen molar-refractivity contribution in [2.24, 2.45) is 0 Å². The van der Waals surface area contributed by atoms with Crippen molar-refractivity contribution in [3.05, 3.63) is 59.2 Å². The molecule has 0 bridgehead atoms. The Labute approximate surface area is 142 Å². The second-order valence-electron chi connectivity index (χ2n) is 5.85. The van der Waals surface area contributed by atoms with Crippen molar-refractivity contribution in [3.63, 3.8) is 0 Å². The van der Waals surface area contributed by atoms with E-state index in [9.17, 15) is 5.11 Å². The summed E-state index contributed by atoms with van der Waals surface area (Å²) in [5.41, 5.74) is 3.98. The molecule has 1 aliphatic heterocycles. The van der Waals surface area contributed by atoms with E-state index in [0.29, 0.717) is 12.4 Å². The molecular formula is C19H23NO2S. The number of rotatable bonds is 6. The SMILES string of the molecule is CSN1CCc2cc(OCCCc3cccc(O)c3)ccc2C1. The minimum absolute atomic E-state index is 0.331. The fourth-order valence-electron chi connectivity index (χ4n) is 2.93. The first-order valence-corrected chi connectivity index (χ1v) is 9.24. The molecule has 0 atom stereocenters. The lowest BCUT2D eigenvalue weighted by atomic mass is 10.0. The number of nitrogens with zero attached hydrogens (tertiary/aromatic N) is 1. The van der Waals surface area contributed by atoms with E-state index >= 15 is 0 Å². The maximum Gasteiger partial charge on any atom is 0.119 e. The molecule has 3 nitrogen and oxygen atoms in total. The average Bonchev–Trinajstić information content (AvgIpc) is 2.58. The van der Waals surface area contributed by atoms with E-state index < -0.39 is 0 Å². The summed E-state index contributed by atoms with van der Waals surface area (Å²) in [6, 6.07) is 13.9. The molecule has 0 aliphatic carbocycles. The molecule has 0 radical (unpaired) electrons. The molecule has 1 heterocycles. The molecule has 4 heteroatoms. The first-order valence-electron chi connectivity index (χ1n) is 8.06. The van der Waals surface area contributed by atoms with Crippen molar-refractivity contribution < 1.29 is 9.84 Å². The Morgan fingerprint density at radius 1 is 1.17 bits per heavy atom. The first kappa shape index (κ1) is 16.2. The van der Waals surface area contributed by atoms with Gasteiger partial charge in [-0.25, -0.2) is 4.31 Å². The highest BCUT2D eigenvalue weighted by Gasteiger charge is 2.15. The van der Waals surface area contributed by atoms with Gasteiger partial charge in [-0.2, -0.15) is 0 Å². The highest BCUT2D eigenvalue weighted by molar-refractivity contribution is 7.96. The van der Waals surface area contributed by atoms with Crippen LogP contribution in [0.5, 0.6) is 11.5 Å². The number of fused-ring (bicyclic) bond motifs is 1. The summed E-state index contributed by atoms with van der Waals surface area (Å²) in [6.07, 6.45) is 5.09. The van der Waals surface area contributed by atoms with Crippen LogP contribution in [0, 0.1) is 0 Å². The molecule has 0 saturated heterocycles. The van der Waals surface area contributed by atoms with Crippen LogP contribution < -0.4 is 4.74 Å². The lowest BCUT2D eigenvalue weighted by molar-refractivity contribution is 0.310. The molecule has 2 aromatic carbocycles. The van der Waals surface area contributed by atoms with Gasteiger partial charge in [0.25, 0.3) is 0 Å². The third kappa shape index (κ3) is 4.43. The predicted octanol–water partition coefficient (Wildman–Crippen LogP) is 4.04. The Balaban J connectivity index is 1.49. The van der Waals surface area contributed by atoms with E-state index in [1.54, 1.807) is 6.07 Å². The van der Waals surface area contributed by atoms with Crippen molar-refractivity contribution in [1.29, 1.82) is 0 Å². The quantitative estimate of drug-likeness (QED) is 0.640. The molecule has 1 N–H and O–H groups in total. The number of benzene rings is 2. The summed E-state index contributed by atoms with van der Waals surface area (Å²) >= 11 is 1.81. The second-order valence-corrected chi connectivity index (χ2v) is 6.73. The number of aromatic hydroxyl groups is 1. The van der Waals surface area contributed by atoms with Crippen molar-refractivity contribution in [2.75, 3.05) is 19.4 Å². The molecule has 0 saturated carbocycles. The number of ether oxygens (including phenoxy) is 1. The predicted molar refractivity (Wildman–Crippen MR) is 96.0 cm³/mol. The maximum atomic E-state index is 9.46. The van der Waals surface area contributed by atoms with Crippen molar-refractivity contribution in [2.45, 2.75) is 25.8 Å². The van der Waals surface area contributed by atoms with E-state index in [1.165, 1.54) is 11.1 Å². The average molecular weight is 329 g/mol. The van der Waals surface area contributed by atoms with Gasteiger partial charge in [0.05, 0.1) is 6.61 Å². The lowest BCUT2D eigenvalue weighted by Crippen LogP contribution is -2.24. The number of hydrogen-bond donors (Lipinski definition) is 1. The fraction of sp³-hybridized carbons (Fsp3) is 0.368. The zero-order valence-electron chi connectivity index (χ0n) is 13.5. The molecule has 2 aromatic rings. The van der Waals surface area contributed by atoms with E-state index in [4.69, 9.17) is 4.74 Å². The van der Waals surface area contributed by atoms with Gasteiger partial charge < -0.3 is 9.84 Å². The van der Waals surface area contributed by atoms with E-state index in [0.717, 1.165) is 43.7 Å². The van der Waals surface area contributed by atoms with E-state index in [-0.39, 0.29) is 0 Å². The molecule has 0 amide bonds.